The fourth-order valence-corrected chi connectivity index (χ4v) is 10.9. The predicted octanol–water partition coefficient (Wildman–Crippen LogP) is 21.6. The fourth-order valence-electron chi connectivity index (χ4n) is 10.9. The number of hydrogen-bond acceptors (Lipinski definition) is 5. The van der Waals surface area contributed by atoms with Crippen molar-refractivity contribution in [1.29, 1.82) is 0 Å². The van der Waals surface area contributed by atoms with E-state index in [2.05, 4.69) is 31.3 Å². The van der Waals surface area contributed by atoms with Gasteiger partial charge in [-0.3, -0.25) is 9.59 Å². The van der Waals surface area contributed by atoms with E-state index in [-0.39, 0.29) is 18.5 Å². The van der Waals surface area contributed by atoms with E-state index in [1.54, 1.807) is 0 Å². The van der Waals surface area contributed by atoms with E-state index in [0.717, 1.165) is 44.9 Å². The van der Waals surface area contributed by atoms with Crippen LogP contribution >= 0.6 is 0 Å². The van der Waals surface area contributed by atoms with Gasteiger partial charge < -0.3 is 20.3 Å². The third-order valence-corrected chi connectivity index (χ3v) is 16.1. The van der Waals surface area contributed by atoms with Crippen LogP contribution < -0.4 is 5.32 Å². The molecule has 1 amide bonds. The molecule has 0 rings (SSSR count). The number of hydrogen-bond donors (Lipinski definition) is 3. The van der Waals surface area contributed by atoms with Crippen molar-refractivity contribution in [2.45, 2.75) is 398 Å². The molecule has 0 saturated heterocycles. The van der Waals surface area contributed by atoms with E-state index < -0.39 is 12.1 Å². The van der Waals surface area contributed by atoms with Crippen molar-refractivity contribution in [3.8, 4) is 0 Å². The van der Waals surface area contributed by atoms with Crippen LogP contribution in [0.1, 0.15) is 386 Å². The summed E-state index contributed by atoms with van der Waals surface area (Å²) in [6.45, 7) is 4.98. The number of carbonyl (C=O) groups excluding carboxylic acids is 2. The molecule has 0 fully saturated rings. The summed E-state index contributed by atoms with van der Waals surface area (Å²) in [6.07, 6.45) is 78.0. The van der Waals surface area contributed by atoms with Crippen LogP contribution in [0.3, 0.4) is 0 Å². The smallest absolute Gasteiger partial charge is 0.305 e. The second kappa shape index (κ2) is 64.1. The molecule has 0 radical (unpaired) electrons. The maximum Gasteiger partial charge on any atom is 0.305 e. The quantitative estimate of drug-likeness (QED) is 0.0320. The normalized spacial score (nSPS) is 12.5. The van der Waals surface area contributed by atoms with Gasteiger partial charge in [-0.1, -0.05) is 334 Å². The first-order valence-corrected chi connectivity index (χ1v) is 33.9. The first-order chi connectivity index (χ1) is 36.5. The summed E-state index contributed by atoms with van der Waals surface area (Å²) in [5.74, 6) is -0.0263. The Balaban J connectivity index is 3.38. The number of amides is 1. The molecular formula is C68H133NO5. The van der Waals surface area contributed by atoms with Crippen molar-refractivity contribution in [2.75, 3.05) is 13.2 Å². The lowest BCUT2D eigenvalue weighted by Gasteiger charge is -2.22. The molecule has 0 bridgehead atoms. The lowest BCUT2D eigenvalue weighted by atomic mass is 10.0. The van der Waals surface area contributed by atoms with E-state index in [1.165, 1.54) is 308 Å². The van der Waals surface area contributed by atoms with Gasteiger partial charge in [0.1, 0.15) is 0 Å². The molecule has 0 aliphatic rings. The van der Waals surface area contributed by atoms with Crippen LogP contribution in [0.15, 0.2) is 12.2 Å². The van der Waals surface area contributed by atoms with Crippen LogP contribution in [-0.2, 0) is 14.3 Å². The molecule has 0 aliphatic carbocycles. The Kier molecular flexibility index (Phi) is 62.9. The molecule has 74 heavy (non-hydrogen) atoms. The van der Waals surface area contributed by atoms with Crippen molar-refractivity contribution in [2.24, 2.45) is 0 Å². The van der Waals surface area contributed by atoms with E-state index in [9.17, 15) is 19.8 Å². The van der Waals surface area contributed by atoms with Gasteiger partial charge in [0.05, 0.1) is 25.4 Å². The second-order valence-corrected chi connectivity index (χ2v) is 23.5. The largest absolute Gasteiger partial charge is 0.466 e. The molecule has 0 heterocycles. The molecule has 0 spiro atoms. The minimum absolute atomic E-state index is 0.00827. The molecule has 0 aliphatic heterocycles. The zero-order valence-corrected chi connectivity index (χ0v) is 50.4. The lowest BCUT2D eigenvalue weighted by Crippen LogP contribution is -2.45. The van der Waals surface area contributed by atoms with Gasteiger partial charge >= 0.3 is 5.97 Å². The zero-order chi connectivity index (χ0) is 53.6. The van der Waals surface area contributed by atoms with Gasteiger partial charge in [0, 0.05) is 12.8 Å². The number of nitrogens with one attached hydrogen (secondary N) is 1. The Hall–Kier alpha value is -1.40. The van der Waals surface area contributed by atoms with Crippen LogP contribution in [0.25, 0.3) is 0 Å². The SMILES string of the molecule is CCCCCCCC/C=C\CCCCCCCCCCCC(=O)OCCCCCCCCCCCCCCCCCCCCC(=O)NC(CO)C(O)CCCCCCCCCCCCCCCCCCCCCC. The van der Waals surface area contributed by atoms with Crippen molar-refractivity contribution < 1.29 is 24.5 Å². The Morgan fingerprint density at radius 1 is 0.365 bits per heavy atom. The highest BCUT2D eigenvalue weighted by molar-refractivity contribution is 5.76. The Morgan fingerprint density at radius 3 is 0.959 bits per heavy atom. The van der Waals surface area contributed by atoms with Gasteiger partial charge in [0.15, 0.2) is 0 Å². The van der Waals surface area contributed by atoms with E-state index in [0.29, 0.717) is 25.9 Å². The zero-order valence-electron chi connectivity index (χ0n) is 50.4. The molecule has 6 nitrogen and oxygen atoms in total. The second-order valence-electron chi connectivity index (χ2n) is 23.5. The number of aliphatic hydroxyl groups excluding tert-OH is 2. The number of ether oxygens (including phenoxy) is 1. The third kappa shape index (κ3) is 59.8. The highest BCUT2D eigenvalue weighted by atomic mass is 16.5. The lowest BCUT2D eigenvalue weighted by molar-refractivity contribution is -0.143. The summed E-state index contributed by atoms with van der Waals surface area (Å²) in [6, 6.07) is -0.545. The molecule has 0 aromatic rings. The first-order valence-electron chi connectivity index (χ1n) is 33.9. The maximum absolute atomic E-state index is 12.5. The molecule has 2 unspecified atom stereocenters. The van der Waals surface area contributed by atoms with E-state index in [4.69, 9.17) is 4.74 Å². The molecule has 6 heteroatoms. The first kappa shape index (κ1) is 72.6. The van der Waals surface area contributed by atoms with Crippen molar-refractivity contribution >= 4 is 11.9 Å². The van der Waals surface area contributed by atoms with Gasteiger partial charge in [0.25, 0.3) is 0 Å². The van der Waals surface area contributed by atoms with Crippen LogP contribution in [0.4, 0.5) is 0 Å². The van der Waals surface area contributed by atoms with Gasteiger partial charge in [-0.2, -0.15) is 0 Å². The summed E-state index contributed by atoms with van der Waals surface area (Å²) in [7, 11) is 0. The topological polar surface area (TPSA) is 95.9 Å². The number of allylic oxidation sites excluding steroid dienone is 2. The van der Waals surface area contributed by atoms with Gasteiger partial charge in [-0.25, -0.2) is 0 Å². The van der Waals surface area contributed by atoms with Gasteiger partial charge in [0.2, 0.25) is 5.91 Å². The van der Waals surface area contributed by atoms with E-state index in [1.807, 2.05) is 0 Å². The Morgan fingerprint density at radius 2 is 0.635 bits per heavy atom. The molecule has 0 aromatic heterocycles. The third-order valence-electron chi connectivity index (χ3n) is 16.1. The number of esters is 1. The van der Waals surface area contributed by atoms with Crippen LogP contribution in [0.5, 0.6) is 0 Å². The molecule has 3 N–H and O–H groups in total. The molecule has 0 saturated carbocycles. The standard InChI is InChI=1S/C68H133NO5/c1-3-5-7-9-11-13-15-17-19-21-23-25-28-32-36-40-44-48-52-56-60-66(71)65(64-70)69-67(72)61-57-53-49-45-41-37-33-29-26-27-31-35-39-43-47-51-55-59-63-74-68(73)62-58-54-50-46-42-38-34-30-24-22-20-18-16-14-12-10-8-6-4-2/h18,20,65-66,70-71H,3-17,19,21-64H2,1-2H3,(H,69,72)/b20-18-. The average molecular weight is 1040 g/mol. The highest BCUT2D eigenvalue weighted by Gasteiger charge is 2.20. The molecule has 0 aromatic carbocycles. The number of unbranched alkanes of at least 4 members (excludes halogenated alkanes) is 51. The predicted molar refractivity (Wildman–Crippen MR) is 324 cm³/mol. The van der Waals surface area contributed by atoms with Crippen LogP contribution in [0, 0.1) is 0 Å². The van der Waals surface area contributed by atoms with Crippen molar-refractivity contribution in [3.05, 3.63) is 12.2 Å². The monoisotopic (exact) mass is 1040 g/mol. The molecule has 440 valence electrons. The number of aliphatic hydroxyl groups is 2. The summed E-state index contributed by atoms with van der Waals surface area (Å²) >= 11 is 0. The number of rotatable bonds is 64. The Labute approximate surface area is 463 Å². The fraction of sp³-hybridized carbons (Fsp3) is 0.941. The summed E-state index contributed by atoms with van der Waals surface area (Å²) in [4.78, 5) is 24.6. The summed E-state index contributed by atoms with van der Waals surface area (Å²) in [5.41, 5.74) is 0. The minimum atomic E-state index is -0.667. The molecular weight excluding hydrogens is 911 g/mol. The van der Waals surface area contributed by atoms with Crippen LogP contribution in [0.2, 0.25) is 0 Å². The minimum Gasteiger partial charge on any atom is -0.466 e. The average Bonchev–Trinajstić information content (AvgIpc) is 3.40. The maximum atomic E-state index is 12.5. The van der Waals surface area contributed by atoms with E-state index >= 15 is 0 Å². The number of carbonyl (C=O) groups is 2. The summed E-state index contributed by atoms with van der Waals surface area (Å²) < 4.78 is 5.50. The summed E-state index contributed by atoms with van der Waals surface area (Å²) in [5, 5.41) is 23.4. The van der Waals surface area contributed by atoms with Gasteiger partial charge in [-0.05, 0) is 51.4 Å². The van der Waals surface area contributed by atoms with Crippen LogP contribution in [-0.4, -0.2) is 47.4 Å². The van der Waals surface area contributed by atoms with Crippen molar-refractivity contribution in [3.63, 3.8) is 0 Å². The van der Waals surface area contributed by atoms with Gasteiger partial charge in [-0.15, -0.1) is 0 Å². The Bertz CT molecular complexity index is 1110. The highest BCUT2D eigenvalue weighted by Crippen LogP contribution is 2.19. The molecule has 2 atom stereocenters. The van der Waals surface area contributed by atoms with Crippen molar-refractivity contribution in [1.82, 2.24) is 5.32 Å².